The minimum absolute atomic E-state index is 0.0000843. The van der Waals surface area contributed by atoms with Crippen LogP contribution >= 0.6 is 11.9 Å². The SMILES string of the molecule is Cc1cc(-c2cc3c(cc2Nc2cccc4c2C(O)N(S[C@](C)(CCC(=O)OC(C)(C)C)C(N)=O)C4=O)N(C2CC2)C(=O)CC3)ccn1. The number of aliphatic hydroxyl groups excluding tert-OH is 1. The van der Waals surface area contributed by atoms with Crippen molar-refractivity contribution in [3.05, 3.63) is 71.0 Å². The topological polar surface area (TPSA) is 155 Å². The van der Waals surface area contributed by atoms with Gasteiger partial charge in [-0.05, 0) is 120 Å². The molecule has 1 aliphatic carbocycles. The maximum atomic E-state index is 13.7. The summed E-state index contributed by atoms with van der Waals surface area (Å²) in [6, 6.07) is 13.4. The molecule has 1 aromatic heterocycles. The van der Waals surface area contributed by atoms with Gasteiger partial charge in [0.2, 0.25) is 11.8 Å². The molecule has 3 amide bonds. The number of esters is 1. The van der Waals surface area contributed by atoms with E-state index in [0.29, 0.717) is 29.8 Å². The van der Waals surface area contributed by atoms with Crippen LogP contribution in [0.4, 0.5) is 17.1 Å². The molecule has 3 heterocycles. The highest BCUT2D eigenvalue weighted by Crippen LogP contribution is 2.48. The van der Waals surface area contributed by atoms with Crippen LogP contribution in [0.5, 0.6) is 0 Å². The standard InChI is InChI=1S/C36H41N5O6S/c1-20-17-21(14-16-38-20)25-18-22-9-12-29(42)40(23-10-11-23)28(22)19-27(25)39-26-8-6-7-24-31(26)33(45)41(32(24)44)48-36(5,34(37)46)15-13-30(43)47-35(2,3)4/h6-8,14,16-19,23,33,39,45H,9-13,15H2,1-5H3,(H2,37,46)/t33?,36-/m1/s1. The predicted octanol–water partition coefficient (Wildman–Crippen LogP) is 5.70. The van der Waals surface area contributed by atoms with E-state index in [1.807, 2.05) is 30.0 Å². The normalized spacial score (nSPS) is 18.7. The van der Waals surface area contributed by atoms with Gasteiger partial charge in [-0.3, -0.25) is 24.2 Å². The number of aromatic nitrogens is 1. The van der Waals surface area contributed by atoms with Crippen LogP contribution in [-0.2, 0) is 25.5 Å². The lowest BCUT2D eigenvalue weighted by molar-refractivity contribution is -0.155. The van der Waals surface area contributed by atoms with E-state index in [4.69, 9.17) is 10.5 Å². The van der Waals surface area contributed by atoms with Crippen molar-refractivity contribution >= 4 is 52.7 Å². The van der Waals surface area contributed by atoms with Gasteiger partial charge in [0.05, 0.1) is 5.56 Å². The van der Waals surface area contributed by atoms with Crippen molar-refractivity contribution in [1.29, 1.82) is 0 Å². The first-order valence-electron chi connectivity index (χ1n) is 16.2. The van der Waals surface area contributed by atoms with E-state index in [2.05, 4.69) is 16.4 Å². The number of carbonyl (C=O) groups excluding carboxylic acids is 4. The molecular formula is C36H41N5O6S. The average Bonchev–Trinajstić information content (AvgIpc) is 3.82. The number of aliphatic hydroxyl groups is 1. The third-order valence-corrected chi connectivity index (χ3v) is 10.2. The minimum atomic E-state index is -1.42. The number of primary amides is 1. The Morgan fingerprint density at radius 1 is 1.06 bits per heavy atom. The molecule has 0 bridgehead atoms. The van der Waals surface area contributed by atoms with E-state index in [0.717, 1.165) is 57.2 Å². The number of aryl methyl sites for hydroxylation is 2. The Morgan fingerprint density at radius 2 is 1.81 bits per heavy atom. The smallest absolute Gasteiger partial charge is 0.306 e. The van der Waals surface area contributed by atoms with Crippen LogP contribution in [0, 0.1) is 6.92 Å². The summed E-state index contributed by atoms with van der Waals surface area (Å²) in [6.45, 7) is 8.73. The number of fused-ring (bicyclic) bond motifs is 2. The van der Waals surface area contributed by atoms with Gasteiger partial charge >= 0.3 is 5.97 Å². The maximum absolute atomic E-state index is 13.7. The molecule has 2 atom stereocenters. The summed E-state index contributed by atoms with van der Waals surface area (Å²) in [5.74, 6) is -1.60. The summed E-state index contributed by atoms with van der Waals surface area (Å²) in [4.78, 5) is 58.2. The van der Waals surface area contributed by atoms with Gasteiger partial charge in [-0.2, -0.15) is 0 Å². The van der Waals surface area contributed by atoms with Crippen LogP contribution < -0.4 is 16.0 Å². The Labute approximate surface area is 284 Å². The lowest BCUT2D eigenvalue weighted by Crippen LogP contribution is -2.42. The molecule has 12 heteroatoms. The van der Waals surface area contributed by atoms with E-state index < -0.39 is 34.4 Å². The molecule has 1 saturated carbocycles. The summed E-state index contributed by atoms with van der Waals surface area (Å²) in [7, 11) is 0. The summed E-state index contributed by atoms with van der Waals surface area (Å²) in [5, 5.41) is 15.2. The zero-order valence-corrected chi connectivity index (χ0v) is 28.6. The third kappa shape index (κ3) is 6.64. The van der Waals surface area contributed by atoms with Crippen LogP contribution in [0.2, 0.25) is 0 Å². The Bertz CT molecular complexity index is 1820. The number of nitrogens with two attached hydrogens (primary N) is 1. The summed E-state index contributed by atoms with van der Waals surface area (Å²) < 4.78 is 5.14. The summed E-state index contributed by atoms with van der Waals surface area (Å²) in [6.07, 6.45) is 3.27. The Kier molecular flexibility index (Phi) is 8.76. The molecule has 1 unspecified atom stereocenters. The van der Waals surface area contributed by atoms with Crippen molar-refractivity contribution in [3.8, 4) is 11.1 Å². The first-order valence-corrected chi connectivity index (χ1v) is 17.0. The number of ether oxygens (including phenoxy) is 1. The predicted molar refractivity (Wildman–Crippen MR) is 184 cm³/mol. The number of anilines is 3. The summed E-state index contributed by atoms with van der Waals surface area (Å²) >= 11 is 0.814. The van der Waals surface area contributed by atoms with Crippen LogP contribution in [0.25, 0.3) is 11.1 Å². The molecule has 48 heavy (non-hydrogen) atoms. The highest BCUT2D eigenvalue weighted by atomic mass is 32.2. The van der Waals surface area contributed by atoms with Crippen molar-refractivity contribution in [1.82, 2.24) is 9.29 Å². The van der Waals surface area contributed by atoms with Gasteiger partial charge in [0.25, 0.3) is 5.91 Å². The van der Waals surface area contributed by atoms with Crippen LogP contribution in [0.3, 0.4) is 0 Å². The second-order valence-corrected chi connectivity index (χ2v) is 15.4. The van der Waals surface area contributed by atoms with Gasteiger partial charge < -0.3 is 25.8 Å². The van der Waals surface area contributed by atoms with Gasteiger partial charge in [-0.1, -0.05) is 6.07 Å². The molecule has 3 aliphatic rings. The monoisotopic (exact) mass is 671 g/mol. The van der Waals surface area contributed by atoms with Gasteiger partial charge in [0, 0.05) is 59.0 Å². The lowest BCUT2D eigenvalue weighted by atomic mass is 9.93. The number of benzene rings is 2. The van der Waals surface area contributed by atoms with Crippen molar-refractivity contribution < 1.29 is 29.0 Å². The summed E-state index contributed by atoms with van der Waals surface area (Å²) in [5.41, 5.74) is 11.6. The number of nitrogens with one attached hydrogen (secondary N) is 1. The van der Waals surface area contributed by atoms with Crippen molar-refractivity contribution in [3.63, 3.8) is 0 Å². The lowest BCUT2D eigenvalue weighted by Gasteiger charge is -2.32. The number of hydrogen-bond acceptors (Lipinski definition) is 9. The quantitative estimate of drug-likeness (QED) is 0.182. The Balaban J connectivity index is 1.34. The molecule has 2 aromatic carbocycles. The number of rotatable bonds is 10. The molecule has 4 N–H and O–H groups in total. The Morgan fingerprint density at radius 3 is 2.48 bits per heavy atom. The van der Waals surface area contributed by atoms with E-state index in [1.54, 1.807) is 52.1 Å². The van der Waals surface area contributed by atoms with E-state index in [-0.39, 0.29) is 30.4 Å². The molecule has 6 rings (SSSR count). The number of hydrogen-bond donors (Lipinski definition) is 3. The molecule has 3 aromatic rings. The van der Waals surface area contributed by atoms with Gasteiger partial charge in [-0.25, -0.2) is 4.31 Å². The first-order chi connectivity index (χ1) is 22.6. The van der Waals surface area contributed by atoms with Crippen molar-refractivity contribution in [2.45, 2.75) is 95.8 Å². The fourth-order valence-electron chi connectivity index (χ4n) is 6.23. The van der Waals surface area contributed by atoms with E-state index >= 15 is 0 Å². The average molecular weight is 672 g/mol. The number of pyridine rings is 1. The fourth-order valence-corrected chi connectivity index (χ4v) is 7.33. The number of nitrogens with zero attached hydrogens (tertiary/aromatic N) is 3. The fraction of sp³-hybridized carbons (Fsp3) is 0.417. The maximum Gasteiger partial charge on any atom is 0.306 e. The van der Waals surface area contributed by atoms with Crippen molar-refractivity contribution in [2.75, 3.05) is 10.2 Å². The highest BCUT2D eigenvalue weighted by Gasteiger charge is 2.45. The van der Waals surface area contributed by atoms with E-state index in [1.165, 1.54) is 0 Å². The molecular weight excluding hydrogens is 630 g/mol. The Hall–Kier alpha value is -4.42. The largest absolute Gasteiger partial charge is 0.460 e. The molecule has 0 spiro atoms. The van der Waals surface area contributed by atoms with Crippen LogP contribution in [0.15, 0.2) is 48.7 Å². The molecule has 2 aliphatic heterocycles. The zero-order valence-electron chi connectivity index (χ0n) is 27.8. The number of carbonyl (C=O) groups is 4. The van der Waals surface area contributed by atoms with Gasteiger partial charge in [-0.15, -0.1) is 0 Å². The molecule has 1 fully saturated rings. The molecule has 11 nitrogen and oxygen atoms in total. The van der Waals surface area contributed by atoms with E-state index in [9.17, 15) is 24.3 Å². The molecule has 0 saturated heterocycles. The molecule has 252 valence electrons. The van der Waals surface area contributed by atoms with Crippen molar-refractivity contribution in [2.24, 2.45) is 5.73 Å². The number of amides is 3. The van der Waals surface area contributed by atoms with Crippen LogP contribution in [0.1, 0.15) is 93.2 Å². The van der Waals surface area contributed by atoms with Gasteiger partial charge in [0.15, 0.2) is 6.23 Å². The third-order valence-electron chi connectivity index (χ3n) is 8.81. The highest BCUT2D eigenvalue weighted by molar-refractivity contribution is 7.99. The zero-order chi connectivity index (χ0) is 34.5. The second kappa shape index (κ2) is 12.6. The van der Waals surface area contributed by atoms with Gasteiger partial charge in [0.1, 0.15) is 10.3 Å². The second-order valence-electron chi connectivity index (χ2n) is 13.9. The minimum Gasteiger partial charge on any atom is -0.460 e. The first kappa shape index (κ1) is 33.5. The van der Waals surface area contributed by atoms with Crippen LogP contribution in [-0.4, -0.2) is 54.5 Å². The molecule has 0 radical (unpaired) electrons.